The summed E-state index contributed by atoms with van der Waals surface area (Å²) in [6.07, 6.45) is 1.92. The van der Waals surface area contributed by atoms with Crippen molar-refractivity contribution in [3.8, 4) is 6.07 Å². The first-order chi connectivity index (χ1) is 8.54. The van der Waals surface area contributed by atoms with Crippen molar-refractivity contribution in [3.05, 3.63) is 23.9 Å². The molecule has 0 aliphatic rings. The van der Waals surface area contributed by atoms with Crippen molar-refractivity contribution < 1.29 is 4.79 Å². The molecule has 18 heavy (non-hydrogen) atoms. The Balaban J connectivity index is 2.84. The van der Waals surface area contributed by atoms with Crippen LogP contribution in [0.25, 0.3) is 0 Å². The zero-order valence-electron chi connectivity index (χ0n) is 10.8. The molecule has 1 heterocycles. The minimum Gasteiger partial charge on any atom is -0.366 e. The summed E-state index contributed by atoms with van der Waals surface area (Å²) in [5, 5.41) is 8.65. The lowest BCUT2D eigenvalue weighted by molar-refractivity contribution is 0.1000. The number of carbonyl (C=O) groups excluding carboxylic acids is 1. The highest BCUT2D eigenvalue weighted by molar-refractivity contribution is 5.92. The average molecular weight is 246 g/mol. The zero-order chi connectivity index (χ0) is 13.5. The van der Waals surface area contributed by atoms with Crippen LogP contribution in [0.4, 0.5) is 5.82 Å². The van der Waals surface area contributed by atoms with Crippen LogP contribution < -0.4 is 10.6 Å². The van der Waals surface area contributed by atoms with Crippen LogP contribution in [-0.2, 0) is 0 Å². The average Bonchev–Trinajstić information content (AvgIpc) is 2.34. The minimum atomic E-state index is -0.485. The number of nitriles is 1. The molecule has 1 rings (SSSR count). The second-order valence-electron chi connectivity index (χ2n) is 4.52. The number of hydrogen-bond acceptors (Lipinski definition) is 4. The Morgan fingerprint density at radius 2 is 2.28 bits per heavy atom. The molecule has 0 aliphatic heterocycles. The van der Waals surface area contributed by atoms with E-state index >= 15 is 0 Å². The molecule has 0 fully saturated rings. The monoisotopic (exact) mass is 246 g/mol. The number of pyridine rings is 1. The molecule has 96 valence electrons. The van der Waals surface area contributed by atoms with Crippen molar-refractivity contribution in [2.24, 2.45) is 11.7 Å². The quantitative estimate of drug-likeness (QED) is 0.825. The maximum absolute atomic E-state index is 11.0. The van der Waals surface area contributed by atoms with E-state index in [2.05, 4.69) is 24.9 Å². The lowest BCUT2D eigenvalue weighted by Crippen LogP contribution is -2.29. The molecule has 5 nitrogen and oxygen atoms in total. The van der Waals surface area contributed by atoms with Gasteiger partial charge in [0.15, 0.2) is 0 Å². The maximum atomic E-state index is 11.0. The second-order valence-corrected chi connectivity index (χ2v) is 4.52. The van der Waals surface area contributed by atoms with Gasteiger partial charge in [-0.3, -0.25) is 4.79 Å². The third kappa shape index (κ3) is 4.06. The van der Waals surface area contributed by atoms with Crippen molar-refractivity contribution >= 4 is 11.7 Å². The molecule has 1 aromatic rings. The molecular weight excluding hydrogens is 228 g/mol. The summed E-state index contributed by atoms with van der Waals surface area (Å²) in [5.41, 5.74) is 5.56. The lowest BCUT2D eigenvalue weighted by Gasteiger charge is -2.24. The normalized spacial score (nSPS) is 10.1. The van der Waals surface area contributed by atoms with Gasteiger partial charge in [0.25, 0.3) is 0 Å². The number of nitrogens with two attached hydrogens (primary N) is 1. The van der Waals surface area contributed by atoms with Gasteiger partial charge in [-0.1, -0.05) is 13.8 Å². The first kappa shape index (κ1) is 14.0. The molecule has 0 aromatic carbocycles. The van der Waals surface area contributed by atoms with Crippen molar-refractivity contribution in [1.29, 1.82) is 5.26 Å². The Morgan fingerprint density at radius 1 is 1.56 bits per heavy atom. The van der Waals surface area contributed by atoms with E-state index < -0.39 is 5.91 Å². The predicted molar refractivity (Wildman–Crippen MR) is 70.0 cm³/mol. The van der Waals surface area contributed by atoms with E-state index in [1.807, 2.05) is 4.90 Å². The Morgan fingerprint density at radius 3 is 2.72 bits per heavy atom. The first-order valence-corrected chi connectivity index (χ1v) is 5.92. The summed E-state index contributed by atoms with van der Waals surface area (Å²) in [5.74, 6) is 0.756. The highest BCUT2D eigenvalue weighted by atomic mass is 16.1. The van der Waals surface area contributed by atoms with Gasteiger partial charge in [0.05, 0.1) is 18.1 Å². The van der Waals surface area contributed by atoms with Crippen LogP contribution in [0.3, 0.4) is 0 Å². The first-order valence-electron chi connectivity index (χ1n) is 5.92. The Bertz CT molecular complexity index is 433. The van der Waals surface area contributed by atoms with Crippen molar-refractivity contribution in [2.45, 2.75) is 20.3 Å². The van der Waals surface area contributed by atoms with E-state index in [4.69, 9.17) is 11.0 Å². The molecule has 0 saturated carbocycles. The van der Waals surface area contributed by atoms with Crippen LogP contribution in [0.2, 0.25) is 0 Å². The highest BCUT2D eigenvalue weighted by Crippen LogP contribution is 2.13. The second kappa shape index (κ2) is 6.60. The van der Waals surface area contributed by atoms with Crippen molar-refractivity contribution in [2.75, 3.05) is 18.0 Å². The molecule has 0 atom stereocenters. The standard InChI is InChI=1S/C13H18N4O/c1-10(2)9-17(7-3-6-14)12-5-4-11(8-16-12)13(15)18/h4-5,8,10H,3,7,9H2,1-2H3,(H2,15,18). The molecule has 0 saturated heterocycles. The van der Waals surface area contributed by atoms with Crippen LogP contribution in [0.5, 0.6) is 0 Å². The highest BCUT2D eigenvalue weighted by Gasteiger charge is 2.10. The Labute approximate surface area is 107 Å². The molecule has 0 spiro atoms. The van der Waals surface area contributed by atoms with Gasteiger partial charge in [0.2, 0.25) is 5.91 Å². The van der Waals surface area contributed by atoms with Gasteiger partial charge in [-0.15, -0.1) is 0 Å². The van der Waals surface area contributed by atoms with Gasteiger partial charge in [-0.25, -0.2) is 4.98 Å². The largest absolute Gasteiger partial charge is 0.366 e. The summed E-state index contributed by atoms with van der Waals surface area (Å²) < 4.78 is 0. The van der Waals surface area contributed by atoms with Crippen molar-refractivity contribution in [1.82, 2.24) is 4.98 Å². The third-order valence-electron chi connectivity index (χ3n) is 2.44. The smallest absolute Gasteiger partial charge is 0.250 e. The van der Waals surface area contributed by atoms with Gasteiger partial charge in [-0.2, -0.15) is 5.26 Å². The summed E-state index contributed by atoms with van der Waals surface area (Å²) >= 11 is 0. The Kier molecular flexibility index (Phi) is 5.12. The molecule has 5 heteroatoms. The SMILES string of the molecule is CC(C)CN(CCC#N)c1ccc(C(N)=O)cn1. The number of amides is 1. The molecule has 0 unspecified atom stereocenters. The number of rotatable bonds is 6. The van der Waals surface area contributed by atoms with E-state index in [0.29, 0.717) is 24.4 Å². The number of primary amides is 1. The number of nitrogens with zero attached hydrogens (tertiary/aromatic N) is 3. The van der Waals surface area contributed by atoms with E-state index in [-0.39, 0.29) is 0 Å². The van der Waals surface area contributed by atoms with Crippen LogP contribution in [0.1, 0.15) is 30.6 Å². The van der Waals surface area contributed by atoms with Crippen LogP contribution in [0.15, 0.2) is 18.3 Å². The molecular formula is C13H18N4O. The summed E-state index contributed by atoms with van der Waals surface area (Å²) in [4.78, 5) is 17.2. The lowest BCUT2D eigenvalue weighted by atomic mass is 10.2. The molecule has 0 aliphatic carbocycles. The van der Waals surface area contributed by atoms with Crippen LogP contribution >= 0.6 is 0 Å². The zero-order valence-corrected chi connectivity index (χ0v) is 10.8. The topological polar surface area (TPSA) is 83.0 Å². The fourth-order valence-corrected chi connectivity index (χ4v) is 1.64. The fraction of sp³-hybridized carbons (Fsp3) is 0.462. The van der Waals surface area contributed by atoms with Gasteiger partial charge in [0, 0.05) is 19.3 Å². The summed E-state index contributed by atoms with van der Waals surface area (Å²) in [6.45, 7) is 5.68. The minimum absolute atomic E-state index is 0.392. The molecule has 1 aromatic heterocycles. The third-order valence-corrected chi connectivity index (χ3v) is 2.44. The van der Waals surface area contributed by atoms with Crippen molar-refractivity contribution in [3.63, 3.8) is 0 Å². The number of anilines is 1. The summed E-state index contributed by atoms with van der Waals surface area (Å²) in [7, 11) is 0. The molecule has 0 radical (unpaired) electrons. The van der Waals surface area contributed by atoms with Gasteiger partial charge in [-0.05, 0) is 18.1 Å². The van der Waals surface area contributed by atoms with Crippen LogP contribution in [-0.4, -0.2) is 24.0 Å². The number of aromatic nitrogens is 1. The number of hydrogen-bond donors (Lipinski definition) is 1. The predicted octanol–water partition coefficient (Wildman–Crippen LogP) is 1.56. The van der Waals surface area contributed by atoms with E-state index in [9.17, 15) is 4.79 Å². The molecule has 2 N–H and O–H groups in total. The van der Waals surface area contributed by atoms with E-state index in [0.717, 1.165) is 12.4 Å². The maximum Gasteiger partial charge on any atom is 0.250 e. The van der Waals surface area contributed by atoms with Crippen LogP contribution in [0, 0.1) is 17.2 Å². The van der Waals surface area contributed by atoms with E-state index in [1.165, 1.54) is 6.20 Å². The van der Waals surface area contributed by atoms with Gasteiger partial charge >= 0.3 is 0 Å². The summed E-state index contributed by atoms with van der Waals surface area (Å²) in [6, 6.07) is 5.55. The molecule has 1 amide bonds. The van der Waals surface area contributed by atoms with Gasteiger partial charge < -0.3 is 10.6 Å². The fourth-order valence-electron chi connectivity index (χ4n) is 1.64. The van der Waals surface area contributed by atoms with Gasteiger partial charge in [0.1, 0.15) is 5.82 Å². The Hall–Kier alpha value is -2.09. The van der Waals surface area contributed by atoms with E-state index in [1.54, 1.807) is 12.1 Å². The molecule has 0 bridgehead atoms. The number of carbonyl (C=O) groups is 1.